The lowest BCUT2D eigenvalue weighted by atomic mass is 10.1. The van der Waals surface area contributed by atoms with Crippen molar-refractivity contribution in [1.29, 1.82) is 0 Å². The molecule has 0 aliphatic carbocycles. The first-order valence-corrected chi connectivity index (χ1v) is 4.14. The van der Waals surface area contributed by atoms with Crippen molar-refractivity contribution in [3.05, 3.63) is 34.9 Å². The van der Waals surface area contributed by atoms with Crippen molar-refractivity contribution < 1.29 is 13.6 Å². The van der Waals surface area contributed by atoms with Crippen molar-refractivity contribution in [3.8, 4) is 0 Å². The SMILES string of the molecule is Cc1cc(F)c(F)c(C(=O)CCl)c1. The van der Waals surface area contributed by atoms with Gasteiger partial charge in [-0.25, -0.2) is 8.78 Å². The molecule has 0 aromatic heterocycles. The van der Waals surface area contributed by atoms with Crippen molar-refractivity contribution in [3.63, 3.8) is 0 Å². The Morgan fingerprint density at radius 1 is 1.46 bits per heavy atom. The Labute approximate surface area is 79.3 Å². The zero-order valence-electron chi connectivity index (χ0n) is 6.90. The molecule has 0 saturated carbocycles. The fourth-order valence-corrected chi connectivity index (χ4v) is 1.14. The molecule has 1 aromatic carbocycles. The second-order valence-electron chi connectivity index (χ2n) is 2.67. The molecule has 4 heteroatoms. The number of hydrogen-bond donors (Lipinski definition) is 0. The fraction of sp³-hybridized carbons (Fsp3) is 0.222. The summed E-state index contributed by atoms with van der Waals surface area (Å²) in [5.41, 5.74) is 0.208. The summed E-state index contributed by atoms with van der Waals surface area (Å²) in [6.07, 6.45) is 0. The Morgan fingerprint density at radius 2 is 2.08 bits per heavy atom. The summed E-state index contributed by atoms with van der Waals surface area (Å²) < 4.78 is 25.7. The number of alkyl halides is 1. The van der Waals surface area contributed by atoms with Crippen LogP contribution in [0.15, 0.2) is 12.1 Å². The number of rotatable bonds is 2. The Hall–Kier alpha value is -0.960. The lowest BCUT2D eigenvalue weighted by Crippen LogP contribution is -2.06. The number of carbonyl (C=O) groups is 1. The highest BCUT2D eigenvalue weighted by molar-refractivity contribution is 6.30. The Kier molecular flexibility index (Phi) is 2.98. The lowest BCUT2D eigenvalue weighted by molar-refractivity contribution is 0.101. The third kappa shape index (κ3) is 2.04. The summed E-state index contributed by atoms with van der Waals surface area (Å²) in [4.78, 5) is 11.0. The molecule has 0 unspecified atom stereocenters. The first-order chi connectivity index (χ1) is 6.06. The smallest absolute Gasteiger partial charge is 0.180 e. The van der Waals surface area contributed by atoms with Crippen LogP contribution in [0.4, 0.5) is 8.78 Å². The molecule has 1 aromatic rings. The van der Waals surface area contributed by atoms with Gasteiger partial charge in [-0.3, -0.25) is 4.79 Å². The van der Waals surface area contributed by atoms with Crippen molar-refractivity contribution in [2.45, 2.75) is 6.92 Å². The van der Waals surface area contributed by atoms with Gasteiger partial charge in [0.1, 0.15) is 0 Å². The molecule has 1 nitrogen and oxygen atoms in total. The van der Waals surface area contributed by atoms with Crippen LogP contribution >= 0.6 is 11.6 Å². The van der Waals surface area contributed by atoms with Crippen LogP contribution in [-0.2, 0) is 0 Å². The van der Waals surface area contributed by atoms with Gasteiger partial charge in [-0.2, -0.15) is 0 Å². The van der Waals surface area contributed by atoms with Gasteiger partial charge in [-0.15, -0.1) is 11.6 Å². The quantitative estimate of drug-likeness (QED) is 0.535. The highest BCUT2D eigenvalue weighted by atomic mass is 35.5. The number of carbonyl (C=O) groups excluding carboxylic acids is 1. The van der Waals surface area contributed by atoms with E-state index in [4.69, 9.17) is 11.6 Å². The Balaban J connectivity index is 3.28. The normalized spacial score (nSPS) is 10.2. The number of ketones is 1. The third-order valence-electron chi connectivity index (χ3n) is 1.59. The topological polar surface area (TPSA) is 17.1 Å². The summed E-state index contributed by atoms with van der Waals surface area (Å²) in [6.45, 7) is 1.58. The van der Waals surface area contributed by atoms with E-state index in [9.17, 15) is 13.6 Å². The number of Topliss-reactive ketones (excluding diaryl/α,β-unsaturated/α-hetero) is 1. The molecule has 0 aliphatic heterocycles. The van der Waals surface area contributed by atoms with Gasteiger partial charge in [0, 0.05) is 0 Å². The van der Waals surface area contributed by atoms with E-state index in [1.165, 1.54) is 6.07 Å². The minimum Gasteiger partial charge on any atom is -0.293 e. The number of aryl methyl sites for hydroxylation is 1. The molecule has 0 N–H and O–H groups in total. The number of benzene rings is 1. The predicted octanol–water partition coefficient (Wildman–Crippen LogP) is 2.69. The van der Waals surface area contributed by atoms with Crippen LogP contribution in [0.1, 0.15) is 15.9 Å². The largest absolute Gasteiger partial charge is 0.293 e. The number of hydrogen-bond acceptors (Lipinski definition) is 1. The minimum atomic E-state index is -1.13. The van der Waals surface area contributed by atoms with Gasteiger partial charge < -0.3 is 0 Å². The van der Waals surface area contributed by atoms with Gasteiger partial charge in [0.05, 0.1) is 11.4 Å². The first-order valence-electron chi connectivity index (χ1n) is 3.61. The van der Waals surface area contributed by atoms with Gasteiger partial charge >= 0.3 is 0 Å². The van der Waals surface area contributed by atoms with Gasteiger partial charge in [-0.1, -0.05) is 0 Å². The van der Waals surface area contributed by atoms with Gasteiger partial charge in [-0.05, 0) is 24.6 Å². The Bertz CT molecular complexity index is 350. The van der Waals surface area contributed by atoms with Gasteiger partial charge in [0.15, 0.2) is 17.4 Å². The molecular formula is C9H7ClF2O. The van der Waals surface area contributed by atoms with Crippen LogP contribution in [0.5, 0.6) is 0 Å². The van der Waals surface area contributed by atoms with Crippen LogP contribution in [-0.4, -0.2) is 11.7 Å². The first kappa shape index (κ1) is 10.1. The summed E-state index contributed by atoms with van der Waals surface area (Å²) in [5.74, 6) is -3.11. The maximum atomic E-state index is 13.0. The predicted molar refractivity (Wildman–Crippen MR) is 46.1 cm³/mol. The highest BCUT2D eigenvalue weighted by Gasteiger charge is 2.14. The second kappa shape index (κ2) is 3.83. The van der Waals surface area contributed by atoms with E-state index in [1.54, 1.807) is 6.92 Å². The monoisotopic (exact) mass is 204 g/mol. The molecule has 1 rings (SSSR count). The molecule has 0 saturated heterocycles. The van der Waals surface area contributed by atoms with Gasteiger partial charge in [0.25, 0.3) is 0 Å². The third-order valence-corrected chi connectivity index (χ3v) is 1.84. The average molecular weight is 205 g/mol. The minimum absolute atomic E-state index is 0.285. The van der Waals surface area contributed by atoms with E-state index in [1.807, 2.05) is 0 Å². The Morgan fingerprint density at radius 3 is 2.62 bits per heavy atom. The van der Waals surface area contributed by atoms with E-state index >= 15 is 0 Å². The molecule has 0 bridgehead atoms. The van der Waals surface area contributed by atoms with Crippen LogP contribution in [0.3, 0.4) is 0 Å². The molecule has 0 atom stereocenters. The van der Waals surface area contributed by atoms with E-state index in [0.29, 0.717) is 5.56 Å². The van der Waals surface area contributed by atoms with Crippen LogP contribution in [0.2, 0.25) is 0 Å². The summed E-state index contributed by atoms with van der Waals surface area (Å²) in [7, 11) is 0. The van der Waals surface area contributed by atoms with Crippen LogP contribution < -0.4 is 0 Å². The fourth-order valence-electron chi connectivity index (χ4n) is 0.999. The van der Waals surface area contributed by atoms with Crippen molar-refractivity contribution in [2.24, 2.45) is 0 Å². The molecule has 70 valence electrons. The molecule has 0 heterocycles. The lowest BCUT2D eigenvalue weighted by Gasteiger charge is -2.02. The standard InChI is InChI=1S/C9H7ClF2O/c1-5-2-6(8(13)4-10)9(12)7(11)3-5/h2-3H,4H2,1H3. The second-order valence-corrected chi connectivity index (χ2v) is 2.93. The molecular weight excluding hydrogens is 198 g/mol. The molecule has 0 spiro atoms. The summed E-state index contributed by atoms with van der Waals surface area (Å²) in [5, 5.41) is 0. The zero-order chi connectivity index (χ0) is 10.0. The highest BCUT2D eigenvalue weighted by Crippen LogP contribution is 2.15. The summed E-state index contributed by atoms with van der Waals surface area (Å²) in [6, 6.07) is 2.31. The molecule has 13 heavy (non-hydrogen) atoms. The van der Waals surface area contributed by atoms with E-state index in [-0.39, 0.29) is 11.4 Å². The zero-order valence-corrected chi connectivity index (χ0v) is 7.66. The van der Waals surface area contributed by atoms with Crippen molar-refractivity contribution >= 4 is 17.4 Å². The van der Waals surface area contributed by atoms with E-state index in [2.05, 4.69) is 0 Å². The van der Waals surface area contributed by atoms with E-state index in [0.717, 1.165) is 6.07 Å². The van der Waals surface area contributed by atoms with Crippen LogP contribution in [0, 0.1) is 18.6 Å². The molecule has 0 aliphatic rings. The maximum absolute atomic E-state index is 13.0. The van der Waals surface area contributed by atoms with Gasteiger partial charge in [0.2, 0.25) is 0 Å². The summed E-state index contributed by atoms with van der Waals surface area (Å²) >= 11 is 5.22. The molecule has 0 amide bonds. The number of halogens is 3. The maximum Gasteiger partial charge on any atom is 0.180 e. The molecule has 0 radical (unpaired) electrons. The van der Waals surface area contributed by atoms with Crippen molar-refractivity contribution in [1.82, 2.24) is 0 Å². The van der Waals surface area contributed by atoms with E-state index < -0.39 is 17.4 Å². The average Bonchev–Trinajstić information content (AvgIpc) is 2.10. The molecule has 0 fully saturated rings. The van der Waals surface area contributed by atoms with Crippen LogP contribution in [0.25, 0.3) is 0 Å². The van der Waals surface area contributed by atoms with Crippen molar-refractivity contribution in [2.75, 3.05) is 5.88 Å².